The first-order chi connectivity index (χ1) is 14.8. The summed E-state index contributed by atoms with van der Waals surface area (Å²) in [7, 11) is 0. The molecule has 0 aliphatic rings. The van der Waals surface area contributed by atoms with E-state index in [0.29, 0.717) is 27.6 Å². The molecule has 164 valence electrons. The van der Waals surface area contributed by atoms with Crippen LogP contribution in [0.1, 0.15) is 36.8 Å². The van der Waals surface area contributed by atoms with E-state index in [1.165, 1.54) is 11.3 Å². The Bertz CT molecular complexity index is 1200. The number of fused-ring (bicyclic) bond motifs is 1. The van der Waals surface area contributed by atoms with Crippen LogP contribution in [-0.4, -0.2) is 33.3 Å². The molecule has 31 heavy (non-hydrogen) atoms. The van der Waals surface area contributed by atoms with Gasteiger partial charge in [0, 0.05) is 11.4 Å². The van der Waals surface area contributed by atoms with Crippen molar-refractivity contribution in [3.8, 4) is 5.69 Å². The second-order valence-corrected chi connectivity index (χ2v) is 9.66. The van der Waals surface area contributed by atoms with Gasteiger partial charge < -0.3 is 5.32 Å². The van der Waals surface area contributed by atoms with Crippen LogP contribution in [0.3, 0.4) is 0 Å². The molecule has 3 rings (SSSR count). The van der Waals surface area contributed by atoms with Crippen molar-refractivity contribution in [3.05, 3.63) is 50.6 Å². The highest BCUT2D eigenvalue weighted by molar-refractivity contribution is 8.00. The number of urea groups is 1. The highest BCUT2D eigenvalue weighted by atomic mass is 32.2. The first-order valence-corrected chi connectivity index (χ1v) is 11.8. The minimum atomic E-state index is -0.630. The predicted octanol–water partition coefficient (Wildman–Crippen LogP) is 3.95. The van der Waals surface area contributed by atoms with E-state index in [0.717, 1.165) is 34.2 Å². The minimum absolute atomic E-state index is 0.143. The first-order valence-electron chi connectivity index (χ1n) is 10.1. The normalized spacial score (nSPS) is 12.0. The molecule has 0 aliphatic carbocycles. The van der Waals surface area contributed by atoms with E-state index in [-0.39, 0.29) is 5.56 Å². The molecule has 0 aliphatic heterocycles. The maximum Gasteiger partial charge on any atom is 0.321 e. The maximum absolute atomic E-state index is 13.6. The Balaban J connectivity index is 2.11. The number of imide groups is 1. The molecule has 1 aromatic carbocycles. The van der Waals surface area contributed by atoms with Gasteiger partial charge in [0.05, 0.1) is 16.3 Å². The molecule has 2 heterocycles. The predicted molar refractivity (Wildman–Crippen MR) is 127 cm³/mol. The summed E-state index contributed by atoms with van der Waals surface area (Å²) in [5.41, 5.74) is 2.58. The molecule has 2 aromatic heterocycles. The Morgan fingerprint density at radius 3 is 2.65 bits per heavy atom. The number of nitrogens with zero attached hydrogens (tertiary/aromatic N) is 2. The van der Waals surface area contributed by atoms with E-state index in [9.17, 15) is 14.4 Å². The third-order valence-corrected chi connectivity index (χ3v) is 6.93. The van der Waals surface area contributed by atoms with E-state index < -0.39 is 17.2 Å². The summed E-state index contributed by atoms with van der Waals surface area (Å²) in [6.07, 6.45) is 0.744. The quantitative estimate of drug-likeness (QED) is 0.431. The molecule has 0 unspecified atom stereocenters. The number of carbonyl (C=O) groups excluding carboxylic acids is 2. The van der Waals surface area contributed by atoms with Gasteiger partial charge in [-0.1, -0.05) is 30.8 Å². The van der Waals surface area contributed by atoms with Crippen molar-refractivity contribution in [1.82, 2.24) is 20.2 Å². The molecule has 0 fully saturated rings. The molecule has 3 amide bonds. The number of carbonyl (C=O) groups is 2. The van der Waals surface area contributed by atoms with Crippen LogP contribution in [0.2, 0.25) is 0 Å². The van der Waals surface area contributed by atoms with Crippen LogP contribution in [0.4, 0.5) is 4.79 Å². The van der Waals surface area contributed by atoms with Crippen LogP contribution in [-0.2, 0) is 11.2 Å². The largest absolute Gasteiger partial charge is 0.338 e. The number of aromatic nitrogens is 2. The molecule has 0 radical (unpaired) electrons. The van der Waals surface area contributed by atoms with Crippen LogP contribution in [0.5, 0.6) is 0 Å². The number of amides is 3. The lowest BCUT2D eigenvalue weighted by Gasteiger charge is -2.16. The average Bonchev–Trinajstić information content (AvgIpc) is 3.03. The molecule has 0 saturated carbocycles. The number of rotatable bonds is 6. The Morgan fingerprint density at radius 1 is 1.26 bits per heavy atom. The number of nitrogens with one attached hydrogen (secondary N) is 2. The fraction of sp³-hybridized carbons (Fsp3) is 0.364. The number of thioether (sulfide) groups is 1. The highest BCUT2D eigenvalue weighted by Crippen LogP contribution is 2.31. The zero-order valence-corrected chi connectivity index (χ0v) is 19.9. The van der Waals surface area contributed by atoms with E-state index in [1.54, 1.807) is 18.4 Å². The van der Waals surface area contributed by atoms with E-state index in [4.69, 9.17) is 4.98 Å². The molecule has 7 nitrogen and oxygen atoms in total. The van der Waals surface area contributed by atoms with Gasteiger partial charge in [-0.05, 0) is 57.4 Å². The number of hydrogen-bond acceptors (Lipinski definition) is 6. The van der Waals surface area contributed by atoms with Crippen LogP contribution in [0, 0.1) is 13.8 Å². The molecule has 2 N–H and O–H groups in total. The van der Waals surface area contributed by atoms with Gasteiger partial charge in [0.1, 0.15) is 4.83 Å². The lowest BCUT2D eigenvalue weighted by atomic mass is 10.1. The summed E-state index contributed by atoms with van der Waals surface area (Å²) < 4.78 is 1.57. The fourth-order valence-corrected chi connectivity index (χ4v) is 5.41. The third-order valence-electron chi connectivity index (χ3n) is 4.83. The second kappa shape index (κ2) is 9.65. The summed E-state index contributed by atoms with van der Waals surface area (Å²) in [5.74, 6) is -0.447. The maximum atomic E-state index is 13.6. The summed E-state index contributed by atoms with van der Waals surface area (Å²) >= 11 is 2.65. The molecular weight excluding hydrogens is 432 g/mol. The molecule has 9 heteroatoms. The minimum Gasteiger partial charge on any atom is -0.338 e. The Morgan fingerprint density at radius 2 is 2.00 bits per heavy atom. The Labute approximate surface area is 189 Å². The average molecular weight is 459 g/mol. The van der Waals surface area contributed by atoms with Crippen molar-refractivity contribution in [2.75, 3.05) is 6.54 Å². The second-order valence-electron chi connectivity index (χ2n) is 7.15. The van der Waals surface area contributed by atoms with Gasteiger partial charge >= 0.3 is 6.03 Å². The molecule has 3 aromatic rings. The molecule has 0 saturated heterocycles. The van der Waals surface area contributed by atoms with Crippen molar-refractivity contribution >= 4 is 45.3 Å². The number of hydrogen-bond donors (Lipinski definition) is 2. The fourth-order valence-electron chi connectivity index (χ4n) is 3.33. The summed E-state index contributed by atoms with van der Waals surface area (Å²) in [4.78, 5) is 44.3. The monoisotopic (exact) mass is 458 g/mol. The van der Waals surface area contributed by atoms with Gasteiger partial charge in [-0.15, -0.1) is 11.3 Å². The lowest BCUT2D eigenvalue weighted by molar-refractivity contribution is -0.119. The van der Waals surface area contributed by atoms with Gasteiger partial charge in [-0.3, -0.25) is 19.5 Å². The van der Waals surface area contributed by atoms with Crippen molar-refractivity contribution in [3.63, 3.8) is 0 Å². The van der Waals surface area contributed by atoms with Crippen LogP contribution in [0.15, 0.2) is 34.2 Å². The van der Waals surface area contributed by atoms with Crippen molar-refractivity contribution in [2.24, 2.45) is 0 Å². The van der Waals surface area contributed by atoms with Gasteiger partial charge in [0.15, 0.2) is 5.16 Å². The summed E-state index contributed by atoms with van der Waals surface area (Å²) in [6, 6.07) is 7.09. The number of benzene rings is 1. The van der Waals surface area contributed by atoms with Crippen molar-refractivity contribution in [1.29, 1.82) is 0 Å². The van der Waals surface area contributed by atoms with Crippen LogP contribution < -0.4 is 16.2 Å². The summed E-state index contributed by atoms with van der Waals surface area (Å²) in [5, 5.41) is 5.29. The van der Waals surface area contributed by atoms with Gasteiger partial charge in [0.2, 0.25) is 5.91 Å². The van der Waals surface area contributed by atoms with Gasteiger partial charge in [-0.25, -0.2) is 9.78 Å². The zero-order valence-electron chi connectivity index (χ0n) is 18.2. The lowest BCUT2D eigenvalue weighted by Crippen LogP contribution is -2.42. The first kappa shape index (κ1) is 23.0. The standard InChI is InChI=1S/C22H26N4O3S2/c1-6-16-13(4)30-19-17(16)20(28)26(15-10-8-9-12(3)11-15)22(25-19)31-14(5)18(27)24-21(29)23-7-2/h8-11,14H,6-7H2,1-5H3,(H2,23,24,27,29)/t14-/m0/s1. The SMILES string of the molecule is CCNC(=O)NC(=O)[C@H](C)Sc1nc2sc(C)c(CC)c2c(=O)n1-c1cccc(C)c1. The third kappa shape index (κ3) is 4.83. The van der Waals surface area contributed by atoms with Crippen LogP contribution >= 0.6 is 23.1 Å². The van der Waals surface area contributed by atoms with Gasteiger partial charge in [0.25, 0.3) is 5.56 Å². The molecule has 0 spiro atoms. The summed E-state index contributed by atoms with van der Waals surface area (Å²) in [6.45, 7) is 9.87. The molecule has 0 bridgehead atoms. The molecular formula is C22H26N4O3S2. The number of thiophene rings is 1. The molecule has 1 atom stereocenters. The Kier molecular flexibility index (Phi) is 7.17. The Hall–Kier alpha value is -2.65. The smallest absolute Gasteiger partial charge is 0.321 e. The number of aryl methyl sites for hydroxylation is 3. The van der Waals surface area contributed by atoms with Gasteiger partial charge in [-0.2, -0.15) is 0 Å². The van der Waals surface area contributed by atoms with E-state index >= 15 is 0 Å². The zero-order chi connectivity index (χ0) is 22.7. The van der Waals surface area contributed by atoms with Crippen molar-refractivity contribution < 1.29 is 9.59 Å². The van der Waals surface area contributed by atoms with E-state index in [2.05, 4.69) is 10.6 Å². The topological polar surface area (TPSA) is 93.1 Å². The van der Waals surface area contributed by atoms with Crippen LogP contribution in [0.25, 0.3) is 15.9 Å². The van der Waals surface area contributed by atoms with Crippen molar-refractivity contribution in [2.45, 2.75) is 51.4 Å². The van der Waals surface area contributed by atoms with E-state index in [1.807, 2.05) is 45.0 Å². The highest BCUT2D eigenvalue weighted by Gasteiger charge is 2.23.